The summed E-state index contributed by atoms with van der Waals surface area (Å²) in [5, 5.41) is 0.718. The predicted octanol–water partition coefficient (Wildman–Crippen LogP) is 2.23. The van der Waals surface area contributed by atoms with E-state index in [1.807, 2.05) is 6.08 Å². The van der Waals surface area contributed by atoms with Crippen molar-refractivity contribution in [1.29, 1.82) is 0 Å². The maximum atomic E-state index is 11.9. The van der Waals surface area contributed by atoms with Crippen LogP contribution in [0.25, 0.3) is 0 Å². The zero-order valence-corrected chi connectivity index (χ0v) is 10.1. The van der Waals surface area contributed by atoms with E-state index in [9.17, 15) is 9.59 Å². The van der Waals surface area contributed by atoms with Crippen LogP contribution >= 0.6 is 15.9 Å². The lowest BCUT2D eigenvalue weighted by molar-refractivity contribution is 0.0672. The van der Waals surface area contributed by atoms with Crippen LogP contribution < -0.4 is 0 Å². The van der Waals surface area contributed by atoms with Gasteiger partial charge in [-0.3, -0.25) is 14.5 Å². The molecule has 0 saturated heterocycles. The van der Waals surface area contributed by atoms with Crippen LogP contribution in [0.5, 0.6) is 0 Å². The Morgan fingerprint density at radius 3 is 2.12 bits per heavy atom. The number of allylic oxidation sites excluding steroid dienone is 1. The molecule has 0 radical (unpaired) electrons. The maximum absolute atomic E-state index is 11.9. The third kappa shape index (κ3) is 1.80. The number of nitrogens with zero attached hydrogens (tertiary/aromatic N) is 1. The molecule has 0 spiro atoms. The molecule has 0 atom stereocenters. The Morgan fingerprint density at radius 2 is 1.62 bits per heavy atom. The van der Waals surface area contributed by atoms with Crippen molar-refractivity contribution in [3.8, 4) is 0 Å². The second kappa shape index (κ2) is 4.61. The summed E-state index contributed by atoms with van der Waals surface area (Å²) in [5.74, 6) is -0.417. The number of alkyl halides is 1. The molecule has 0 N–H and O–H groups in total. The first-order valence-electron chi connectivity index (χ1n) is 4.92. The summed E-state index contributed by atoms with van der Waals surface area (Å²) >= 11 is 3.24. The van der Waals surface area contributed by atoms with Crippen molar-refractivity contribution < 1.29 is 9.59 Å². The van der Waals surface area contributed by atoms with E-state index in [1.54, 1.807) is 30.3 Å². The van der Waals surface area contributed by atoms with Gasteiger partial charge in [-0.2, -0.15) is 0 Å². The van der Waals surface area contributed by atoms with Gasteiger partial charge in [0.15, 0.2) is 0 Å². The summed E-state index contributed by atoms with van der Waals surface area (Å²) in [5.41, 5.74) is 1.000. The predicted molar refractivity (Wildman–Crippen MR) is 64.7 cm³/mol. The van der Waals surface area contributed by atoms with Crippen LogP contribution in [0.1, 0.15) is 20.7 Å². The highest BCUT2D eigenvalue weighted by Gasteiger charge is 2.33. The molecule has 0 saturated carbocycles. The highest BCUT2D eigenvalue weighted by Crippen LogP contribution is 2.21. The number of benzene rings is 1. The van der Waals surface area contributed by atoms with Gasteiger partial charge in [0.05, 0.1) is 11.1 Å². The fourth-order valence-corrected chi connectivity index (χ4v) is 1.91. The van der Waals surface area contributed by atoms with Crippen molar-refractivity contribution in [2.24, 2.45) is 0 Å². The average molecular weight is 280 g/mol. The Labute approximate surface area is 102 Å². The lowest BCUT2D eigenvalue weighted by Gasteiger charge is -2.09. The molecular weight excluding hydrogens is 270 g/mol. The number of amides is 2. The number of rotatable bonds is 3. The number of hydrogen-bond donors (Lipinski definition) is 0. The maximum Gasteiger partial charge on any atom is 0.261 e. The van der Waals surface area contributed by atoms with Crippen LogP contribution in [0.2, 0.25) is 0 Å². The monoisotopic (exact) mass is 279 g/mol. The third-order valence-corrected chi connectivity index (χ3v) is 2.80. The quantitative estimate of drug-likeness (QED) is 0.483. The summed E-state index contributed by atoms with van der Waals surface area (Å²) in [7, 11) is 0. The van der Waals surface area contributed by atoms with E-state index < -0.39 is 0 Å². The molecular formula is C12H10BrNO2. The molecule has 82 valence electrons. The smallest absolute Gasteiger partial charge is 0.261 e. The first-order valence-corrected chi connectivity index (χ1v) is 6.04. The number of carbonyl (C=O) groups is 2. The number of fused-ring (bicyclic) bond motifs is 1. The van der Waals surface area contributed by atoms with Gasteiger partial charge in [-0.05, 0) is 12.1 Å². The molecule has 0 bridgehead atoms. The van der Waals surface area contributed by atoms with Gasteiger partial charge < -0.3 is 0 Å². The summed E-state index contributed by atoms with van der Waals surface area (Å²) in [6, 6.07) is 6.90. The van der Waals surface area contributed by atoms with Gasteiger partial charge >= 0.3 is 0 Å². The second-order valence-electron chi connectivity index (χ2n) is 3.39. The molecule has 16 heavy (non-hydrogen) atoms. The first kappa shape index (κ1) is 11.1. The largest absolute Gasteiger partial charge is 0.270 e. The molecule has 1 aromatic rings. The van der Waals surface area contributed by atoms with Gasteiger partial charge in [0.25, 0.3) is 11.8 Å². The minimum atomic E-state index is -0.208. The van der Waals surface area contributed by atoms with Crippen molar-refractivity contribution in [2.45, 2.75) is 0 Å². The first-order chi connectivity index (χ1) is 7.75. The Kier molecular flexibility index (Phi) is 3.19. The lowest BCUT2D eigenvalue weighted by Crippen LogP contribution is -2.29. The normalized spacial score (nSPS) is 14.9. The zero-order chi connectivity index (χ0) is 11.5. The zero-order valence-electron chi connectivity index (χ0n) is 8.52. The van der Waals surface area contributed by atoms with Crippen molar-refractivity contribution in [3.63, 3.8) is 0 Å². The molecule has 1 aromatic carbocycles. The van der Waals surface area contributed by atoms with E-state index in [2.05, 4.69) is 15.9 Å². The van der Waals surface area contributed by atoms with Crippen molar-refractivity contribution in [3.05, 3.63) is 47.5 Å². The topological polar surface area (TPSA) is 37.4 Å². The highest BCUT2D eigenvalue weighted by molar-refractivity contribution is 9.09. The number of imide groups is 1. The van der Waals surface area contributed by atoms with E-state index >= 15 is 0 Å². The Hall–Kier alpha value is -1.42. The average Bonchev–Trinajstić information content (AvgIpc) is 2.55. The van der Waals surface area contributed by atoms with E-state index in [1.165, 1.54) is 4.90 Å². The molecule has 1 heterocycles. The molecule has 2 rings (SSSR count). The number of carbonyl (C=O) groups excluding carboxylic acids is 2. The number of halogens is 1. The minimum absolute atomic E-state index is 0.208. The van der Waals surface area contributed by atoms with Crippen molar-refractivity contribution in [2.75, 3.05) is 11.9 Å². The molecule has 0 aliphatic carbocycles. The van der Waals surface area contributed by atoms with E-state index in [0.29, 0.717) is 17.7 Å². The fraction of sp³-hybridized carbons (Fsp3) is 0.167. The molecule has 1 aliphatic rings. The van der Waals surface area contributed by atoms with Crippen LogP contribution in [0, 0.1) is 0 Å². The molecule has 0 aromatic heterocycles. The molecule has 2 amide bonds. The van der Waals surface area contributed by atoms with Gasteiger partial charge in [-0.15, -0.1) is 0 Å². The lowest BCUT2D eigenvalue weighted by atomic mass is 10.1. The molecule has 3 nitrogen and oxygen atoms in total. The minimum Gasteiger partial charge on any atom is -0.270 e. The summed E-state index contributed by atoms with van der Waals surface area (Å²) in [4.78, 5) is 25.0. The van der Waals surface area contributed by atoms with Gasteiger partial charge in [-0.1, -0.05) is 40.2 Å². The van der Waals surface area contributed by atoms with Crippen LogP contribution in [0.15, 0.2) is 36.4 Å². The summed E-state index contributed by atoms with van der Waals surface area (Å²) in [6.07, 6.45) is 3.67. The van der Waals surface area contributed by atoms with E-state index in [4.69, 9.17) is 0 Å². The Morgan fingerprint density at radius 1 is 1.06 bits per heavy atom. The summed E-state index contributed by atoms with van der Waals surface area (Å²) < 4.78 is 0. The van der Waals surface area contributed by atoms with Gasteiger partial charge in [0.1, 0.15) is 0 Å². The standard InChI is InChI=1S/C12H10BrNO2/c13-7-3-4-8-14-11(15)9-5-1-2-6-10(9)12(14)16/h1-6H,7-8H2/b4-3-. The Balaban J connectivity index is 2.25. The molecule has 4 heteroatoms. The summed E-state index contributed by atoms with van der Waals surface area (Å²) in [6.45, 7) is 0.331. The fourth-order valence-electron chi connectivity index (χ4n) is 1.65. The molecule has 1 aliphatic heterocycles. The SMILES string of the molecule is O=C1c2ccccc2C(=O)N1C/C=C\CBr. The Bertz CT molecular complexity index is 433. The molecule has 0 unspecified atom stereocenters. The van der Waals surface area contributed by atoms with Gasteiger partial charge in [0.2, 0.25) is 0 Å². The van der Waals surface area contributed by atoms with E-state index in [-0.39, 0.29) is 11.8 Å². The van der Waals surface area contributed by atoms with Crippen molar-refractivity contribution >= 4 is 27.7 Å². The van der Waals surface area contributed by atoms with E-state index in [0.717, 1.165) is 5.33 Å². The number of hydrogen-bond acceptors (Lipinski definition) is 2. The third-order valence-electron chi connectivity index (χ3n) is 2.42. The van der Waals surface area contributed by atoms with Gasteiger partial charge in [0, 0.05) is 11.9 Å². The second-order valence-corrected chi connectivity index (χ2v) is 4.04. The van der Waals surface area contributed by atoms with Gasteiger partial charge in [-0.25, -0.2) is 0 Å². The van der Waals surface area contributed by atoms with Crippen LogP contribution in [-0.4, -0.2) is 28.6 Å². The highest BCUT2D eigenvalue weighted by atomic mass is 79.9. The van der Waals surface area contributed by atoms with Crippen molar-refractivity contribution in [1.82, 2.24) is 4.90 Å². The molecule has 0 fully saturated rings. The van der Waals surface area contributed by atoms with Crippen LogP contribution in [-0.2, 0) is 0 Å². The van der Waals surface area contributed by atoms with Crippen LogP contribution in [0.4, 0.5) is 0 Å². The van der Waals surface area contributed by atoms with Crippen LogP contribution in [0.3, 0.4) is 0 Å².